The molecule has 0 bridgehead atoms. The van der Waals surface area contributed by atoms with Crippen molar-refractivity contribution in [3.63, 3.8) is 0 Å². The van der Waals surface area contributed by atoms with Crippen LogP contribution in [0, 0.1) is 17.7 Å². The molecule has 19 heavy (non-hydrogen) atoms. The minimum absolute atomic E-state index is 0.120. The Morgan fingerprint density at radius 2 is 2.32 bits per heavy atom. The predicted molar refractivity (Wildman–Crippen MR) is 71.4 cm³/mol. The predicted octanol–water partition coefficient (Wildman–Crippen LogP) is 2.08. The fourth-order valence-corrected chi connectivity index (χ4v) is 1.99. The van der Waals surface area contributed by atoms with E-state index in [-0.39, 0.29) is 18.5 Å². The quantitative estimate of drug-likeness (QED) is 0.849. The van der Waals surface area contributed by atoms with Crippen molar-refractivity contribution in [2.24, 2.45) is 5.73 Å². The lowest BCUT2D eigenvalue weighted by molar-refractivity contribution is -0.0111. The normalized spacial score (nSPS) is 18.5. The van der Waals surface area contributed by atoms with Crippen LogP contribution in [0.5, 0.6) is 5.75 Å². The lowest BCUT2D eigenvalue weighted by Crippen LogP contribution is -2.25. The number of ether oxygens (including phenoxy) is 2. The highest BCUT2D eigenvalue weighted by atomic mass is 19.1. The molecule has 1 aliphatic heterocycles. The second-order valence-corrected chi connectivity index (χ2v) is 4.45. The third kappa shape index (κ3) is 4.23. The summed E-state index contributed by atoms with van der Waals surface area (Å²) in [6.45, 7) is 1.50. The second kappa shape index (κ2) is 7.13. The van der Waals surface area contributed by atoms with Crippen LogP contribution in [0.25, 0.3) is 0 Å². The Hall–Kier alpha value is -1.57. The number of rotatable bonds is 3. The van der Waals surface area contributed by atoms with Crippen molar-refractivity contribution < 1.29 is 13.9 Å². The van der Waals surface area contributed by atoms with E-state index >= 15 is 0 Å². The van der Waals surface area contributed by atoms with Crippen LogP contribution < -0.4 is 10.5 Å². The van der Waals surface area contributed by atoms with Crippen molar-refractivity contribution in [2.75, 3.05) is 19.8 Å². The molecule has 1 aromatic carbocycles. The van der Waals surface area contributed by atoms with Gasteiger partial charge < -0.3 is 15.2 Å². The number of hydrogen-bond donors (Lipinski definition) is 1. The molecule has 0 aliphatic carbocycles. The van der Waals surface area contributed by atoms with Gasteiger partial charge in [-0.25, -0.2) is 4.39 Å². The summed E-state index contributed by atoms with van der Waals surface area (Å²) in [7, 11) is 0. The van der Waals surface area contributed by atoms with E-state index in [1.165, 1.54) is 12.1 Å². The Morgan fingerprint density at radius 1 is 1.42 bits per heavy atom. The molecule has 3 nitrogen and oxygen atoms in total. The molecule has 1 fully saturated rings. The number of benzene rings is 1. The lowest BCUT2D eigenvalue weighted by Gasteiger charge is -2.22. The molecule has 1 saturated heterocycles. The van der Waals surface area contributed by atoms with E-state index in [0.717, 1.165) is 25.9 Å². The van der Waals surface area contributed by atoms with E-state index in [0.29, 0.717) is 17.9 Å². The van der Waals surface area contributed by atoms with Gasteiger partial charge in [-0.2, -0.15) is 0 Å². The fraction of sp³-hybridized carbons (Fsp3) is 0.467. The van der Waals surface area contributed by atoms with Gasteiger partial charge in [0.15, 0.2) is 0 Å². The maximum absolute atomic E-state index is 13.2. The highest BCUT2D eigenvalue weighted by molar-refractivity contribution is 5.46. The fourth-order valence-electron chi connectivity index (χ4n) is 1.99. The molecule has 4 heteroatoms. The standard InChI is InChI=1S/C15H18FNO2/c16-13-6-7-15(12(10-13)4-3-8-17)19-11-14-5-1-2-9-18-14/h6-7,10,14H,1-2,5,8-9,11,17H2. The number of nitrogens with two attached hydrogens (primary N) is 1. The van der Waals surface area contributed by atoms with Crippen LogP contribution >= 0.6 is 0 Å². The Bertz CT molecular complexity index is 473. The number of halogens is 1. The van der Waals surface area contributed by atoms with Crippen LogP contribution in [-0.4, -0.2) is 25.9 Å². The molecule has 1 aromatic rings. The zero-order valence-electron chi connectivity index (χ0n) is 10.8. The van der Waals surface area contributed by atoms with E-state index in [2.05, 4.69) is 11.8 Å². The minimum atomic E-state index is -0.331. The monoisotopic (exact) mass is 263 g/mol. The summed E-state index contributed by atoms with van der Waals surface area (Å²) in [5.41, 5.74) is 5.86. The van der Waals surface area contributed by atoms with Gasteiger partial charge in [-0.15, -0.1) is 0 Å². The summed E-state index contributed by atoms with van der Waals surface area (Å²) in [5.74, 6) is 5.78. The van der Waals surface area contributed by atoms with Crippen LogP contribution in [0.1, 0.15) is 24.8 Å². The van der Waals surface area contributed by atoms with Gasteiger partial charge in [0.25, 0.3) is 0 Å². The van der Waals surface area contributed by atoms with Crippen molar-refractivity contribution >= 4 is 0 Å². The molecule has 0 amide bonds. The molecule has 1 unspecified atom stereocenters. The van der Waals surface area contributed by atoms with Gasteiger partial charge in [0.05, 0.1) is 18.2 Å². The van der Waals surface area contributed by atoms with E-state index in [1.807, 2.05) is 0 Å². The average molecular weight is 263 g/mol. The summed E-state index contributed by atoms with van der Waals surface area (Å²) in [5, 5.41) is 0. The zero-order chi connectivity index (χ0) is 13.5. The SMILES string of the molecule is NCC#Cc1cc(F)ccc1OCC1CCCCO1. The Kier molecular flexibility index (Phi) is 5.20. The summed E-state index contributed by atoms with van der Waals surface area (Å²) in [6, 6.07) is 4.32. The third-order valence-electron chi connectivity index (χ3n) is 2.97. The zero-order valence-corrected chi connectivity index (χ0v) is 10.8. The topological polar surface area (TPSA) is 44.5 Å². The van der Waals surface area contributed by atoms with E-state index in [1.54, 1.807) is 6.07 Å². The average Bonchev–Trinajstić information content (AvgIpc) is 2.45. The highest BCUT2D eigenvalue weighted by Gasteiger charge is 2.15. The second-order valence-electron chi connectivity index (χ2n) is 4.45. The van der Waals surface area contributed by atoms with Crippen LogP contribution in [0.15, 0.2) is 18.2 Å². The molecular weight excluding hydrogens is 245 g/mol. The molecule has 1 atom stereocenters. The van der Waals surface area contributed by atoms with E-state index in [9.17, 15) is 4.39 Å². The molecule has 1 aliphatic rings. The Morgan fingerprint density at radius 3 is 3.05 bits per heavy atom. The smallest absolute Gasteiger partial charge is 0.135 e. The Balaban J connectivity index is 2.02. The molecule has 0 spiro atoms. The molecule has 1 heterocycles. The van der Waals surface area contributed by atoms with Gasteiger partial charge in [-0.05, 0) is 37.5 Å². The molecule has 2 N–H and O–H groups in total. The van der Waals surface area contributed by atoms with Gasteiger partial charge in [0.1, 0.15) is 18.2 Å². The summed E-state index contributed by atoms with van der Waals surface area (Å²) >= 11 is 0. The first-order chi connectivity index (χ1) is 9.29. The van der Waals surface area contributed by atoms with Crippen molar-refractivity contribution in [1.82, 2.24) is 0 Å². The van der Waals surface area contributed by atoms with Crippen LogP contribution in [0.2, 0.25) is 0 Å². The van der Waals surface area contributed by atoms with Crippen molar-refractivity contribution in [2.45, 2.75) is 25.4 Å². The van der Waals surface area contributed by atoms with E-state index in [4.69, 9.17) is 15.2 Å². The maximum Gasteiger partial charge on any atom is 0.135 e. The minimum Gasteiger partial charge on any atom is -0.490 e. The lowest BCUT2D eigenvalue weighted by atomic mass is 10.1. The van der Waals surface area contributed by atoms with E-state index < -0.39 is 0 Å². The number of hydrogen-bond acceptors (Lipinski definition) is 3. The van der Waals surface area contributed by atoms with Crippen LogP contribution in [-0.2, 0) is 4.74 Å². The first kappa shape index (κ1) is 13.9. The van der Waals surface area contributed by atoms with Crippen molar-refractivity contribution in [3.05, 3.63) is 29.6 Å². The highest BCUT2D eigenvalue weighted by Crippen LogP contribution is 2.20. The van der Waals surface area contributed by atoms with Crippen LogP contribution in [0.3, 0.4) is 0 Å². The van der Waals surface area contributed by atoms with Gasteiger partial charge in [0.2, 0.25) is 0 Å². The summed E-state index contributed by atoms with van der Waals surface area (Å²) < 4.78 is 24.5. The van der Waals surface area contributed by atoms with Gasteiger partial charge >= 0.3 is 0 Å². The Labute approximate surface area is 112 Å². The van der Waals surface area contributed by atoms with Crippen molar-refractivity contribution in [3.8, 4) is 17.6 Å². The maximum atomic E-state index is 13.2. The molecular formula is C15H18FNO2. The summed E-state index contributed by atoms with van der Waals surface area (Å²) in [4.78, 5) is 0. The van der Waals surface area contributed by atoms with Gasteiger partial charge in [0, 0.05) is 6.61 Å². The van der Waals surface area contributed by atoms with Gasteiger partial charge in [-0.3, -0.25) is 0 Å². The van der Waals surface area contributed by atoms with Gasteiger partial charge in [-0.1, -0.05) is 11.8 Å². The molecule has 102 valence electrons. The first-order valence-corrected chi connectivity index (χ1v) is 6.52. The summed E-state index contributed by atoms with van der Waals surface area (Å²) in [6.07, 6.45) is 3.40. The van der Waals surface area contributed by atoms with Crippen LogP contribution in [0.4, 0.5) is 4.39 Å². The largest absolute Gasteiger partial charge is 0.490 e. The third-order valence-corrected chi connectivity index (χ3v) is 2.97. The first-order valence-electron chi connectivity index (χ1n) is 6.52. The molecule has 0 radical (unpaired) electrons. The molecule has 0 aromatic heterocycles. The molecule has 0 saturated carbocycles. The van der Waals surface area contributed by atoms with Crippen molar-refractivity contribution in [1.29, 1.82) is 0 Å². The molecule has 2 rings (SSSR count).